The Hall–Kier alpha value is -1.83. The van der Waals surface area contributed by atoms with E-state index in [-0.39, 0.29) is 5.84 Å². The van der Waals surface area contributed by atoms with E-state index in [0.29, 0.717) is 19.5 Å². The van der Waals surface area contributed by atoms with Crippen LogP contribution in [0.2, 0.25) is 0 Å². The van der Waals surface area contributed by atoms with E-state index < -0.39 is 35.8 Å². The minimum absolute atomic E-state index is 0.147. The molecule has 124 valence electrons. The number of amides is 2. The Morgan fingerprint density at radius 3 is 2.59 bits per heavy atom. The van der Waals surface area contributed by atoms with Gasteiger partial charge in [0.25, 0.3) is 0 Å². The van der Waals surface area contributed by atoms with Crippen molar-refractivity contribution in [2.75, 3.05) is 19.7 Å². The van der Waals surface area contributed by atoms with Crippen molar-refractivity contribution in [3.05, 3.63) is 0 Å². The number of nitrogens with one attached hydrogen (secondary N) is 1. The van der Waals surface area contributed by atoms with Crippen molar-refractivity contribution in [2.24, 2.45) is 5.73 Å². The van der Waals surface area contributed by atoms with Crippen LogP contribution in [0.4, 0.5) is 4.79 Å². The molecule has 0 radical (unpaired) electrons. The fraction of sp³-hybridized carbons (Fsp3) is 0.786. The van der Waals surface area contributed by atoms with Gasteiger partial charge in [-0.3, -0.25) is 15.1 Å². The Morgan fingerprint density at radius 2 is 2.14 bits per heavy atom. The molecule has 8 nitrogen and oxygen atoms in total. The third kappa shape index (κ3) is 2.63. The highest BCUT2D eigenvalue weighted by Gasteiger charge is 2.59. The Morgan fingerprint density at radius 1 is 1.50 bits per heavy atom. The molecule has 2 saturated heterocycles. The van der Waals surface area contributed by atoms with Crippen molar-refractivity contribution >= 4 is 17.8 Å². The summed E-state index contributed by atoms with van der Waals surface area (Å²) in [5.74, 6) is -0.530. The maximum Gasteiger partial charge on any atom is 0.411 e. The summed E-state index contributed by atoms with van der Waals surface area (Å²) in [6.45, 7) is 5.77. The minimum Gasteiger partial charge on any atom is -0.444 e. The molecule has 22 heavy (non-hydrogen) atoms. The van der Waals surface area contributed by atoms with Gasteiger partial charge >= 0.3 is 6.09 Å². The number of nitrogens with zero attached hydrogens (tertiary/aromatic N) is 2. The average Bonchev–Trinajstić information content (AvgIpc) is 2.83. The van der Waals surface area contributed by atoms with Crippen LogP contribution in [0.5, 0.6) is 0 Å². The number of aliphatic hydroxyl groups excluding tert-OH is 1. The highest BCUT2D eigenvalue weighted by atomic mass is 16.6. The SMILES string of the molecule is CC(C)(C)OC(=O)N1CCCC12CN([C@@H](CO)C(N)=O)C2=N. The molecule has 2 aliphatic rings. The number of amidine groups is 1. The maximum atomic E-state index is 12.3. The topological polar surface area (TPSA) is 120 Å². The molecule has 0 aromatic rings. The summed E-state index contributed by atoms with van der Waals surface area (Å²) in [4.78, 5) is 26.7. The van der Waals surface area contributed by atoms with Crippen LogP contribution in [0.1, 0.15) is 33.6 Å². The van der Waals surface area contributed by atoms with Crippen LogP contribution in [0, 0.1) is 5.41 Å². The van der Waals surface area contributed by atoms with E-state index in [1.54, 1.807) is 25.7 Å². The van der Waals surface area contributed by atoms with Gasteiger partial charge in [-0.25, -0.2) is 4.79 Å². The Labute approximate surface area is 129 Å². The zero-order valence-electron chi connectivity index (χ0n) is 13.3. The van der Waals surface area contributed by atoms with Crippen molar-refractivity contribution in [1.82, 2.24) is 9.80 Å². The van der Waals surface area contributed by atoms with Crippen LogP contribution >= 0.6 is 0 Å². The van der Waals surface area contributed by atoms with Crippen molar-refractivity contribution < 1.29 is 19.4 Å². The molecular weight excluding hydrogens is 288 g/mol. The molecule has 1 spiro atoms. The Bertz CT molecular complexity index is 502. The van der Waals surface area contributed by atoms with E-state index in [1.807, 2.05) is 0 Å². The van der Waals surface area contributed by atoms with E-state index in [0.717, 1.165) is 6.42 Å². The van der Waals surface area contributed by atoms with E-state index in [9.17, 15) is 14.7 Å². The summed E-state index contributed by atoms with van der Waals surface area (Å²) in [5, 5.41) is 17.5. The number of carbonyl (C=O) groups is 2. The number of ether oxygens (including phenoxy) is 1. The minimum atomic E-state index is -0.917. The standard InChI is InChI=1S/C14H24N4O4/c1-13(2,3)22-12(21)18-6-4-5-14(18)8-17(11(14)16)9(7-19)10(15)20/h9,16,19H,4-8H2,1-3H3,(H2,15,20)/t9-,14?/m0/s1. The second-order valence-electron chi connectivity index (χ2n) is 6.84. The van der Waals surface area contributed by atoms with Crippen molar-refractivity contribution in [1.29, 1.82) is 5.41 Å². The average molecular weight is 312 g/mol. The van der Waals surface area contributed by atoms with Crippen LogP contribution in [0.3, 0.4) is 0 Å². The highest BCUT2D eigenvalue weighted by molar-refractivity contribution is 6.01. The quantitative estimate of drug-likeness (QED) is 0.672. The Kier molecular flexibility index (Phi) is 4.08. The molecule has 0 aromatic carbocycles. The second kappa shape index (κ2) is 5.42. The predicted molar refractivity (Wildman–Crippen MR) is 79.4 cm³/mol. The van der Waals surface area contributed by atoms with E-state index >= 15 is 0 Å². The molecule has 2 aliphatic heterocycles. The van der Waals surface area contributed by atoms with Crippen LogP contribution < -0.4 is 5.73 Å². The molecule has 2 amide bonds. The molecule has 0 aliphatic carbocycles. The molecule has 2 heterocycles. The maximum absolute atomic E-state index is 12.3. The number of carbonyl (C=O) groups excluding carboxylic acids is 2. The molecule has 8 heteroatoms. The monoisotopic (exact) mass is 312 g/mol. The number of nitrogens with two attached hydrogens (primary N) is 1. The summed E-state index contributed by atoms with van der Waals surface area (Å²) >= 11 is 0. The lowest BCUT2D eigenvalue weighted by atomic mass is 9.83. The van der Waals surface area contributed by atoms with Gasteiger partial charge in [-0.05, 0) is 33.6 Å². The van der Waals surface area contributed by atoms with Crippen molar-refractivity contribution in [3.63, 3.8) is 0 Å². The zero-order valence-corrected chi connectivity index (χ0v) is 13.3. The van der Waals surface area contributed by atoms with Gasteiger partial charge < -0.3 is 20.5 Å². The molecule has 2 fully saturated rings. The number of hydrogen-bond donors (Lipinski definition) is 3. The molecule has 0 aromatic heterocycles. The molecule has 0 bridgehead atoms. The number of aliphatic hydroxyl groups is 1. The number of likely N-dealkylation sites (tertiary alicyclic amines) is 2. The van der Waals surface area contributed by atoms with Crippen LogP contribution in [-0.4, -0.2) is 69.6 Å². The first-order valence-electron chi connectivity index (χ1n) is 7.39. The van der Waals surface area contributed by atoms with Crippen LogP contribution in [-0.2, 0) is 9.53 Å². The molecule has 2 atom stereocenters. The zero-order chi connectivity index (χ0) is 16.7. The smallest absolute Gasteiger partial charge is 0.411 e. The summed E-state index contributed by atoms with van der Waals surface area (Å²) in [6.07, 6.45) is 0.975. The van der Waals surface area contributed by atoms with Crippen LogP contribution in [0.25, 0.3) is 0 Å². The van der Waals surface area contributed by atoms with Gasteiger partial charge in [-0.1, -0.05) is 0 Å². The first-order valence-corrected chi connectivity index (χ1v) is 7.39. The van der Waals surface area contributed by atoms with Gasteiger partial charge in [0.2, 0.25) is 5.91 Å². The first-order chi connectivity index (χ1) is 10.1. The van der Waals surface area contributed by atoms with Gasteiger partial charge in [0.15, 0.2) is 0 Å². The van der Waals surface area contributed by atoms with Gasteiger partial charge in [0.05, 0.1) is 13.2 Å². The summed E-state index contributed by atoms with van der Waals surface area (Å²) in [5.41, 5.74) is 3.91. The lowest BCUT2D eigenvalue weighted by molar-refractivity contribution is -0.124. The van der Waals surface area contributed by atoms with Gasteiger partial charge in [0, 0.05) is 6.54 Å². The third-order valence-corrected chi connectivity index (χ3v) is 4.14. The molecule has 1 unspecified atom stereocenters. The van der Waals surface area contributed by atoms with Crippen LogP contribution in [0.15, 0.2) is 0 Å². The van der Waals surface area contributed by atoms with Crippen molar-refractivity contribution in [3.8, 4) is 0 Å². The van der Waals surface area contributed by atoms with E-state index in [4.69, 9.17) is 15.9 Å². The van der Waals surface area contributed by atoms with Gasteiger partial charge in [-0.15, -0.1) is 0 Å². The third-order valence-electron chi connectivity index (χ3n) is 4.14. The summed E-state index contributed by atoms with van der Waals surface area (Å²) in [7, 11) is 0. The van der Waals surface area contributed by atoms with Crippen molar-refractivity contribution in [2.45, 2.75) is 50.8 Å². The number of primary amides is 1. The fourth-order valence-electron chi connectivity index (χ4n) is 3.09. The summed E-state index contributed by atoms with van der Waals surface area (Å²) < 4.78 is 5.40. The first kappa shape index (κ1) is 16.5. The summed E-state index contributed by atoms with van der Waals surface area (Å²) in [6, 6.07) is -0.917. The Balaban J connectivity index is 2.13. The fourth-order valence-corrected chi connectivity index (χ4v) is 3.09. The lowest BCUT2D eigenvalue weighted by Gasteiger charge is -2.55. The largest absolute Gasteiger partial charge is 0.444 e. The van der Waals surface area contributed by atoms with Gasteiger partial charge in [0.1, 0.15) is 23.0 Å². The molecule has 2 rings (SSSR count). The highest BCUT2D eigenvalue weighted by Crippen LogP contribution is 2.40. The second-order valence-corrected chi connectivity index (χ2v) is 6.84. The van der Waals surface area contributed by atoms with E-state index in [1.165, 1.54) is 4.90 Å². The lowest BCUT2D eigenvalue weighted by Crippen LogP contribution is -2.76. The number of hydrogen-bond acceptors (Lipinski definition) is 5. The molecule has 0 saturated carbocycles. The van der Waals surface area contributed by atoms with Gasteiger partial charge in [-0.2, -0.15) is 0 Å². The normalized spacial score (nSPS) is 26.1. The molecular formula is C14H24N4O4. The predicted octanol–water partition coefficient (Wildman–Crippen LogP) is -0.105. The molecule has 4 N–H and O–H groups in total. The number of rotatable bonds is 3. The van der Waals surface area contributed by atoms with E-state index in [2.05, 4.69) is 0 Å².